The van der Waals surface area contributed by atoms with E-state index in [9.17, 15) is 19.1 Å². The third-order valence-electron chi connectivity index (χ3n) is 4.93. The molecule has 144 valence electrons. The van der Waals surface area contributed by atoms with E-state index in [1.807, 2.05) is 7.05 Å². The number of rotatable bonds is 5. The molecule has 1 fully saturated rings. The zero-order chi connectivity index (χ0) is 19.6. The van der Waals surface area contributed by atoms with E-state index >= 15 is 0 Å². The van der Waals surface area contributed by atoms with Crippen molar-refractivity contribution in [2.45, 2.75) is 18.9 Å². The Labute approximate surface area is 156 Å². The van der Waals surface area contributed by atoms with E-state index in [1.165, 1.54) is 16.7 Å². The Kier molecular flexibility index (Phi) is 5.67. The second kappa shape index (κ2) is 7.98. The first-order chi connectivity index (χ1) is 12.9. The van der Waals surface area contributed by atoms with E-state index in [-0.39, 0.29) is 24.0 Å². The van der Waals surface area contributed by atoms with Crippen LogP contribution in [0.4, 0.5) is 4.39 Å². The quantitative estimate of drug-likeness (QED) is 0.760. The highest BCUT2D eigenvalue weighted by Gasteiger charge is 2.28. The third kappa shape index (κ3) is 4.06. The fourth-order valence-corrected chi connectivity index (χ4v) is 3.22. The molecule has 2 aromatic rings. The maximum absolute atomic E-state index is 13.0. The molecule has 0 aliphatic carbocycles. The van der Waals surface area contributed by atoms with Gasteiger partial charge in [-0.05, 0) is 31.2 Å². The van der Waals surface area contributed by atoms with Gasteiger partial charge in [-0.25, -0.2) is 9.37 Å². The number of hydrogen-bond donors (Lipinski definition) is 2. The number of benzene rings is 1. The molecule has 7 nitrogen and oxygen atoms in total. The number of nitrogens with one attached hydrogen (secondary N) is 1. The summed E-state index contributed by atoms with van der Waals surface area (Å²) in [5, 5.41) is 13.4. The fourth-order valence-electron chi connectivity index (χ4n) is 3.22. The number of Topliss-reactive ketones (excluding diaryl/α,β-unsaturated/α-hetero) is 1. The summed E-state index contributed by atoms with van der Waals surface area (Å²) >= 11 is 0. The van der Waals surface area contributed by atoms with Gasteiger partial charge in [0.25, 0.3) is 5.56 Å². The van der Waals surface area contributed by atoms with Gasteiger partial charge in [0.05, 0.1) is 6.04 Å². The molecular weight excluding hydrogens is 351 g/mol. The number of aromatic hydroxyl groups is 1. The minimum absolute atomic E-state index is 0.0670. The molecule has 0 bridgehead atoms. The molecule has 2 heterocycles. The first kappa shape index (κ1) is 19.2. The Bertz CT molecular complexity index is 895. The number of likely N-dealkylation sites (N-methyl/N-ethyl adjacent to an activating group) is 1. The Balaban J connectivity index is 1.86. The predicted molar refractivity (Wildman–Crippen MR) is 98.4 cm³/mol. The zero-order valence-corrected chi connectivity index (χ0v) is 15.4. The minimum atomic E-state index is -0.635. The number of aryl methyl sites for hydroxylation is 1. The summed E-state index contributed by atoms with van der Waals surface area (Å²) in [6, 6.07) is 5.71. The molecule has 1 saturated heterocycles. The van der Waals surface area contributed by atoms with Crippen molar-refractivity contribution < 1.29 is 14.3 Å². The monoisotopic (exact) mass is 374 g/mol. The predicted octanol–water partition coefficient (Wildman–Crippen LogP) is 1.02. The number of hydrogen-bond acceptors (Lipinski definition) is 6. The van der Waals surface area contributed by atoms with Gasteiger partial charge in [-0.3, -0.25) is 19.1 Å². The van der Waals surface area contributed by atoms with Gasteiger partial charge in [0.15, 0.2) is 11.5 Å². The number of carbonyl (C=O) groups is 1. The smallest absolute Gasteiger partial charge is 0.296 e. The van der Waals surface area contributed by atoms with Gasteiger partial charge in [-0.1, -0.05) is 12.1 Å². The number of carbonyl (C=O) groups excluding carboxylic acids is 1. The van der Waals surface area contributed by atoms with Gasteiger partial charge in [0, 0.05) is 33.1 Å². The van der Waals surface area contributed by atoms with Crippen molar-refractivity contribution in [2.75, 3.05) is 26.7 Å². The van der Waals surface area contributed by atoms with Crippen LogP contribution >= 0.6 is 0 Å². The minimum Gasteiger partial charge on any atom is -0.501 e. The largest absolute Gasteiger partial charge is 0.501 e. The van der Waals surface area contributed by atoms with E-state index in [4.69, 9.17) is 0 Å². The molecule has 0 radical (unpaired) electrons. The average molecular weight is 374 g/mol. The fraction of sp³-hybridized carbons (Fsp3) is 0.421. The maximum Gasteiger partial charge on any atom is 0.296 e. The van der Waals surface area contributed by atoms with Crippen LogP contribution in [-0.4, -0.2) is 52.0 Å². The van der Waals surface area contributed by atoms with Gasteiger partial charge in [0.1, 0.15) is 11.6 Å². The molecule has 1 atom stereocenters. The van der Waals surface area contributed by atoms with E-state index in [0.29, 0.717) is 18.8 Å². The van der Waals surface area contributed by atoms with Crippen molar-refractivity contribution in [1.29, 1.82) is 0 Å². The van der Waals surface area contributed by atoms with Crippen LogP contribution in [0.3, 0.4) is 0 Å². The van der Waals surface area contributed by atoms with Crippen molar-refractivity contribution in [3.05, 3.63) is 57.5 Å². The van der Waals surface area contributed by atoms with Crippen molar-refractivity contribution in [3.8, 4) is 5.75 Å². The van der Waals surface area contributed by atoms with Crippen LogP contribution in [0.15, 0.2) is 29.1 Å². The lowest BCUT2D eigenvalue weighted by molar-refractivity contribution is 0.0972. The van der Waals surface area contributed by atoms with Crippen LogP contribution in [0.5, 0.6) is 5.75 Å². The van der Waals surface area contributed by atoms with Crippen molar-refractivity contribution in [3.63, 3.8) is 0 Å². The third-order valence-corrected chi connectivity index (χ3v) is 4.93. The van der Waals surface area contributed by atoms with E-state index in [0.717, 1.165) is 18.7 Å². The second-order valence-electron chi connectivity index (χ2n) is 6.78. The summed E-state index contributed by atoms with van der Waals surface area (Å²) in [6.45, 7) is 2.22. The Hall–Kier alpha value is -2.58. The normalized spacial score (nSPS) is 17.8. The second-order valence-corrected chi connectivity index (χ2v) is 6.78. The van der Waals surface area contributed by atoms with Crippen LogP contribution in [-0.2, 0) is 13.5 Å². The molecule has 3 rings (SSSR count). The SMILES string of the molecule is CN1CCNCC1c1nc(C(=O)CCc2ccc(F)cc2)c(O)c(=O)n1C. The molecule has 8 heteroatoms. The molecule has 1 aromatic heterocycles. The number of aromatic nitrogens is 2. The maximum atomic E-state index is 13.0. The summed E-state index contributed by atoms with van der Waals surface area (Å²) < 4.78 is 14.3. The lowest BCUT2D eigenvalue weighted by atomic mass is 10.1. The van der Waals surface area contributed by atoms with Gasteiger partial charge in [-0.15, -0.1) is 0 Å². The van der Waals surface area contributed by atoms with Gasteiger partial charge >= 0.3 is 0 Å². The number of ketones is 1. The van der Waals surface area contributed by atoms with E-state index < -0.39 is 17.1 Å². The Morgan fingerprint density at radius 1 is 1.33 bits per heavy atom. The molecule has 1 aliphatic rings. The van der Waals surface area contributed by atoms with Gasteiger partial charge in [0.2, 0.25) is 5.75 Å². The zero-order valence-electron chi connectivity index (χ0n) is 15.4. The number of nitrogens with zero attached hydrogens (tertiary/aromatic N) is 3. The standard InChI is InChI=1S/C19H23FN4O3/c1-23-10-9-21-11-14(23)18-22-16(17(26)19(27)24(18)2)15(25)8-5-12-3-6-13(20)7-4-12/h3-4,6-7,14,21,26H,5,8-11H2,1-2H3. The lowest BCUT2D eigenvalue weighted by Crippen LogP contribution is -2.46. The highest BCUT2D eigenvalue weighted by molar-refractivity contribution is 5.96. The summed E-state index contributed by atoms with van der Waals surface area (Å²) in [4.78, 5) is 31.4. The summed E-state index contributed by atoms with van der Waals surface area (Å²) in [6.07, 6.45) is 0.438. The summed E-state index contributed by atoms with van der Waals surface area (Å²) in [7, 11) is 3.47. The highest BCUT2D eigenvalue weighted by atomic mass is 19.1. The van der Waals surface area contributed by atoms with Crippen LogP contribution in [0.2, 0.25) is 0 Å². The van der Waals surface area contributed by atoms with Crippen molar-refractivity contribution >= 4 is 5.78 Å². The molecular formula is C19H23FN4O3. The lowest BCUT2D eigenvalue weighted by Gasteiger charge is -2.33. The van der Waals surface area contributed by atoms with E-state index in [2.05, 4.69) is 15.2 Å². The highest BCUT2D eigenvalue weighted by Crippen LogP contribution is 2.21. The van der Waals surface area contributed by atoms with Crippen molar-refractivity contribution in [2.24, 2.45) is 7.05 Å². The topological polar surface area (TPSA) is 87.5 Å². The van der Waals surface area contributed by atoms with Gasteiger partial charge < -0.3 is 10.4 Å². The first-order valence-corrected chi connectivity index (χ1v) is 8.87. The molecule has 1 aromatic carbocycles. The van der Waals surface area contributed by atoms with Crippen LogP contribution in [0.1, 0.15) is 34.3 Å². The average Bonchev–Trinajstić information content (AvgIpc) is 2.66. The van der Waals surface area contributed by atoms with Crippen LogP contribution in [0, 0.1) is 5.82 Å². The molecule has 1 aliphatic heterocycles. The van der Waals surface area contributed by atoms with Crippen LogP contribution < -0.4 is 10.9 Å². The van der Waals surface area contributed by atoms with Crippen molar-refractivity contribution in [1.82, 2.24) is 19.8 Å². The molecule has 0 spiro atoms. The van der Waals surface area contributed by atoms with Gasteiger partial charge in [-0.2, -0.15) is 0 Å². The first-order valence-electron chi connectivity index (χ1n) is 8.87. The number of piperazine rings is 1. The Morgan fingerprint density at radius 2 is 2.04 bits per heavy atom. The molecule has 0 amide bonds. The Morgan fingerprint density at radius 3 is 2.70 bits per heavy atom. The molecule has 1 unspecified atom stereocenters. The molecule has 2 N–H and O–H groups in total. The summed E-state index contributed by atoms with van der Waals surface area (Å²) in [5.74, 6) is -0.942. The van der Waals surface area contributed by atoms with E-state index in [1.54, 1.807) is 19.2 Å². The molecule has 27 heavy (non-hydrogen) atoms. The van der Waals surface area contributed by atoms with Crippen LogP contribution in [0.25, 0.3) is 0 Å². The molecule has 0 saturated carbocycles. The summed E-state index contributed by atoms with van der Waals surface area (Å²) in [5.41, 5.74) is -0.0391. The number of halogens is 1.